The van der Waals surface area contributed by atoms with E-state index in [1.54, 1.807) is 11.0 Å². The number of pyridine rings is 1. The lowest BCUT2D eigenvalue weighted by Gasteiger charge is -2.25. The molecule has 0 bridgehead atoms. The number of anilines is 1. The molecule has 0 spiro atoms. The predicted octanol–water partition coefficient (Wildman–Crippen LogP) is 4.06. The first-order chi connectivity index (χ1) is 11.5. The predicted molar refractivity (Wildman–Crippen MR) is 88.1 cm³/mol. The fraction of sp³-hybridized carbons (Fsp3) is 0.667. The number of hydrogen-bond donors (Lipinski definition) is 1. The Hall–Kier alpha value is -1.72. The molecule has 0 radical (unpaired) electrons. The number of halogens is 2. The monoisotopic (exact) mass is 338 g/mol. The van der Waals surface area contributed by atoms with E-state index in [1.165, 1.54) is 0 Å². The van der Waals surface area contributed by atoms with Crippen molar-refractivity contribution in [3.8, 4) is 0 Å². The van der Waals surface area contributed by atoms with E-state index < -0.39 is 11.9 Å². The quantitative estimate of drug-likeness (QED) is 0.883. The zero-order valence-electron chi connectivity index (χ0n) is 13.9. The Kier molecular flexibility index (Phi) is 5.01. The average molecular weight is 338 g/mol. The van der Waals surface area contributed by atoms with Crippen LogP contribution in [0, 0.1) is 0 Å². The molecule has 1 fully saturated rings. The second kappa shape index (κ2) is 7.03. The Bertz CT molecular complexity index is 619. The fourth-order valence-electron chi connectivity index (χ4n) is 3.65. The summed E-state index contributed by atoms with van der Waals surface area (Å²) in [6.45, 7) is 0.584. The first-order valence-electron chi connectivity index (χ1n) is 8.85. The molecule has 6 heteroatoms. The molecule has 3 rings (SSSR count). The van der Waals surface area contributed by atoms with Crippen LogP contribution in [0.15, 0.2) is 6.07 Å². The van der Waals surface area contributed by atoms with E-state index >= 15 is 0 Å². The molecule has 24 heavy (non-hydrogen) atoms. The minimum absolute atomic E-state index is 0.142. The van der Waals surface area contributed by atoms with Gasteiger partial charge in [0.1, 0.15) is 11.4 Å². The summed E-state index contributed by atoms with van der Waals surface area (Å²) < 4.78 is 27.2. The molecule has 0 saturated carbocycles. The van der Waals surface area contributed by atoms with Gasteiger partial charge in [-0.3, -0.25) is 0 Å². The van der Waals surface area contributed by atoms with Gasteiger partial charge in [0.25, 0.3) is 0 Å². The van der Waals surface area contributed by atoms with E-state index in [2.05, 4.69) is 4.98 Å². The number of rotatable bonds is 2. The molecule has 0 amide bonds. The molecule has 1 aliphatic heterocycles. The van der Waals surface area contributed by atoms with E-state index in [9.17, 15) is 18.7 Å². The van der Waals surface area contributed by atoms with Crippen molar-refractivity contribution in [3.05, 3.63) is 22.9 Å². The number of alkyl halides is 2. The van der Waals surface area contributed by atoms with Crippen molar-refractivity contribution in [2.24, 2.45) is 0 Å². The number of aromatic nitrogens is 1. The Morgan fingerprint density at radius 1 is 1.08 bits per heavy atom. The van der Waals surface area contributed by atoms with E-state index in [-0.39, 0.29) is 24.9 Å². The van der Waals surface area contributed by atoms with Crippen LogP contribution in [0.25, 0.3) is 0 Å². The Morgan fingerprint density at radius 3 is 2.58 bits per heavy atom. The Labute approximate surface area is 140 Å². The molecule has 1 aliphatic carbocycles. The summed E-state index contributed by atoms with van der Waals surface area (Å²) in [7, 11) is 0. The molecule has 0 aromatic carbocycles. The molecule has 1 saturated heterocycles. The van der Waals surface area contributed by atoms with Crippen LogP contribution in [0.1, 0.15) is 66.6 Å². The van der Waals surface area contributed by atoms with Gasteiger partial charge in [0.2, 0.25) is 5.92 Å². The maximum atomic E-state index is 13.6. The minimum Gasteiger partial charge on any atom is -0.478 e. The van der Waals surface area contributed by atoms with Crippen LogP contribution >= 0.6 is 0 Å². The smallest absolute Gasteiger partial charge is 0.339 e. The molecule has 1 aromatic heterocycles. The first-order valence-corrected chi connectivity index (χ1v) is 8.85. The van der Waals surface area contributed by atoms with Gasteiger partial charge in [-0.15, -0.1) is 0 Å². The second-order valence-electron chi connectivity index (χ2n) is 6.88. The third-order valence-corrected chi connectivity index (χ3v) is 5.03. The van der Waals surface area contributed by atoms with Gasteiger partial charge in [-0.1, -0.05) is 12.8 Å². The van der Waals surface area contributed by atoms with Crippen molar-refractivity contribution < 1.29 is 18.7 Å². The highest BCUT2D eigenvalue weighted by atomic mass is 19.3. The van der Waals surface area contributed by atoms with Crippen LogP contribution in [0.2, 0.25) is 0 Å². The van der Waals surface area contributed by atoms with E-state index in [4.69, 9.17) is 0 Å². The van der Waals surface area contributed by atoms with Crippen molar-refractivity contribution in [1.82, 2.24) is 4.98 Å². The summed E-state index contributed by atoms with van der Waals surface area (Å²) in [5, 5.41) is 9.58. The van der Waals surface area contributed by atoms with Crippen molar-refractivity contribution in [2.75, 3.05) is 18.0 Å². The van der Waals surface area contributed by atoms with Gasteiger partial charge >= 0.3 is 5.97 Å². The van der Waals surface area contributed by atoms with Gasteiger partial charge in [0.15, 0.2) is 0 Å². The average Bonchev–Trinajstić information content (AvgIpc) is 2.68. The summed E-state index contributed by atoms with van der Waals surface area (Å²) in [6, 6.07) is 1.73. The molecular weight excluding hydrogens is 314 g/mol. The third-order valence-electron chi connectivity index (χ3n) is 5.03. The lowest BCUT2D eigenvalue weighted by Crippen LogP contribution is -2.29. The molecule has 4 nitrogen and oxygen atoms in total. The number of nitrogens with zero attached hydrogens (tertiary/aromatic N) is 2. The number of fused-ring (bicyclic) bond motifs is 1. The Morgan fingerprint density at radius 2 is 1.83 bits per heavy atom. The highest BCUT2D eigenvalue weighted by molar-refractivity contribution is 5.93. The number of hydrogen-bond acceptors (Lipinski definition) is 3. The molecule has 2 heterocycles. The van der Waals surface area contributed by atoms with Crippen molar-refractivity contribution in [1.29, 1.82) is 0 Å². The minimum atomic E-state index is -2.66. The summed E-state index contributed by atoms with van der Waals surface area (Å²) in [4.78, 5) is 18.1. The lowest BCUT2D eigenvalue weighted by atomic mass is 9.95. The first kappa shape index (κ1) is 17.1. The van der Waals surface area contributed by atoms with Gasteiger partial charge in [0.05, 0.1) is 0 Å². The maximum absolute atomic E-state index is 13.6. The van der Waals surface area contributed by atoms with Gasteiger partial charge in [-0.05, 0) is 43.7 Å². The molecule has 0 atom stereocenters. The number of aryl methyl sites for hydroxylation is 2. The SMILES string of the molecule is O=C(O)c1cc2c(nc1N1CCCC(F)(F)CC1)CCCCCC2. The second-order valence-corrected chi connectivity index (χ2v) is 6.88. The van der Waals surface area contributed by atoms with Gasteiger partial charge in [-0.25, -0.2) is 18.6 Å². The summed E-state index contributed by atoms with van der Waals surface area (Å²) >= 11 is 0. The number of carboxylic acids is 1. The van der Waals surface area contributed by atoms with E-state index in [0.29, 0.717) is 18.8 Å². The van der Waals surface area contributed by atoms with Crippen LogP contribution in [-0.4, -0.2) is 35.1 Å². The molecule has 1 N–H and O–H groups in total. The summed E-state index contributed by atoms with van der Waals surface area (Å²) in [6.07, 6.45) is 6.06. The standard InChI is InChI=1S/C18H24F2N2O2/c19-18(20)8-5-10-22(11-9-18)16-14(17(23)24)12-13-6-3-1-2-4-7-15(13)21-16/h12H,1-11H2,(H,23,24). The molecule has 1 aromatic rings. The fourth-order valence-corrected chi connectivity index (χ4v) is 3.65. The maximum Gasteiger partial charge on any atom is 0.339 e. The van der Waals surface area contributed by atoms with Gasteiger partial charge in [-0.2, -0.15) is 0 Å². The molecule has 132 valence electrons. The van der Waals surface area contributed by atoms with E-state index in [1.807, 2.05) is 0 Å². The van der Waals surface area contributed by atoms with Crippen molar-refractivity contribution >= 4 is 11.8 Å². The summed E-state index contributed by atoms with van der Waals surface area (Å²) in [5.74, 6) is -3.32. The number of carbonyl (C=O) groups is 1. The van der Waals surface area contributed by atoms with Crippen molar-refractivity contribution in [2.45, 2.75) is 63.7 Å². The molecule has 0 unspecified atom stereocenters. The highest BCUT2D eigenvalue weighted by Crippen LogP contribution is 2.32. The largest absolute Gasteiger partial charge is 0.478 e. The normalized spacial score (nSPS) is 21.3. The molecular formula is C18H24F2N2O2. The van der Waals surface area contributed by atoms with Crippen LogP contribution < -0.4 is 4.90 Å². The van der Waals surface area contributed by atoms with Crippen LogP contribution in [-0.2, 0) is 12.8 Å². The van der Waals surface area contributed by atoms with Gasteiger partial charge in [0, 0.05) is 31.6 Å². The zero-order valence-corrected chi connectivity index (χ0v) is 13.9. The number of carboxylic acid groups (broad SMARTS) is 1. The van der Waals surface area contributed by atoms with Crippen LogP contribution in [0.4, 0.5) is 14.6 Å². The number of aromatic carboxylic acids is 1. The van der Waals surface area contributed by atoms with E-state index in [0.717, 1.165) is 49.8 Å². The lowest BCUT2D eigenvalue weighted by molar-refractivity contribution is -0.0102. The molecule has 2 aliphatic rings. The summed E-state index contributed by atoms with van der Waals surface area (Å²) in [5.41, 5.74) is 2.11. The zero-order chi connectivity index (χ0) is 17.2. The van der Waals surface area contributed by atoms with Crippen LogP contribution in [0.5, 0.6) is 0 Å². The topological polar surface area (TPSA) is 53.4 Å². The van der Waals surface area contributed by atoms with Crippen molar-refractivity contribution in [3.63, 3.8) is 0 Å². The highest BCUT2D eigenvalue weighted by Gasteiger charge is 2.33. The van der Waals surface area contributed by atoms with Gasteiger partial charge < -0.3 is 10.0 Å². The Balaban J connectivity index is 1.96. The third kappa shape index (κ3) is 3.84. The van der Waals surface area contributed by atoms with Crippen LogP contribution in [0.3, 0.4) is 0 Å².